The van der Waals surface area contributed by atoms with Crippen LogP contribution in [0.1, 0.15) is 41.7 Å². The van der Waals surface area contributed by atoms with E-state index in [-0.39, 0.29) is 0 Å². The first-order chi connectivity index (χ1) is 8.68. The Labute approximate surface area is 114 Å². The average Bonchev–Trinajstić information content (AvgIpc) is 3.16. The Morgan fingerprint density at radius 2 is 2.11 bits per heavy atom. The summed E-state index contributed by atoms with van der Waals surface area (Å²) < 4.78 is 2.21. The molecule has 94 valence electrons. The molecule has 1 aliphatic rings. The first-order valence-electron chi connectivity index (χ1n) is 6.00. The molecule has 0 saturated heterocycles. The molecule has 0 amide bonds. The van der Waals surface area contributed by atoms with Crippen molar-refractivity contribution in [3.63, 3.8) is 0 Å². The van der Waals surface area contributed by atoms with Crippen molar-refractivity contribution < 1.29 is 5.11 Å². The summed E-state index contributed by atoms with van der Waals surface area (Å²) in [5.74, 6) is 0.607. The van der Waals surface area contributed by atoms with E-state index in [1.807, 2.05) is 18.2 Å². The number of aliphatic hydroxyl groups excluding tert-OH is 1. The first-order valence-corrected chi connectivity index (χ1v) is 6.79. The van der Waals surface area contributed by atoms with Gasteiger partial charge >= 0.3 is 0 Å². The average molecular weight is 308 g/mol. The van der Waals surface area contributed by atoms with E-state index >= 15 is 0 Å². The van der Waals surface area contributed by atoms with E-state index in [2.05, 4.69) is 32.3 Å². The van der Waals surface area contributed by atoms with Gasteiger partial charge in [-0.1, -0.05) is 29.5 Å². The molecule has 1 fully saturated rings. The van der Waals surface area contributed by atoms with Crippen LogP contribution in [-0.4, -0.2) is 20.1 Å². The van der Waals surface area contributed by atoms with Gasteiger partial charge in [0.25, 0.3) is 0 Å². The Bertz CT molecular complexity index is 558. The van der Waals surface area contributed by atoms with Crippen molar-refractivity contribution in [2.45, 2.75) is 24.9 Å². The first kappa shape index (κ1) is 11.9. The van der Waals surface area contributed by atoms with Crippen molar-refractivity contribution in [1.29, 1.82) is 0 Å². The van der Waals surface area contributed by atoms with E-state index < -0.39 is 6.10 Å². The van der Waals surface area contributed by atoms with E-state index in [1.165, 1.54) is 18.4 Å². The molecule has 1 aromatic carbocycles. The third kappa shape index (κ3) is 1.97. The number of benzene rings is 1. The standard InChI is InChI=1S/C13H14BrN3O/c1-17-11(13(14)15-16-17)12(18)10-5-3-2-4-9(10)8-6-7-8/h2-5,8,12,18H,6-7H2,1H3. The van der Waals surface area contributed by atoms with E-state index in [9.17, 15) is 5.11 Å². The zero-order valence-corrected chi connectivity index (χ0v) is 11.6. The predicted octanol–water partition coefficient (Wildman–Crippen LogP) is 2.54. The summed E-state index contributed by atoms with van der Waals surface area (Å²) in [7, 11) is 1.79. The van der Waals surface area contributed by atoms with Crippen LogP contribution in [0.25, 0.3) is 0 Å². The van der Waals surface area contributed by atoms with E-state index in [1.54, 1.807) is 11.7 Å². The maximum Gasteiger partial charge on any atom is 0.154 e. The number of hydrogen-bond donors (Lipinski definition) is 1. The molecule has 1 atom stereocenters. The van der Waals surface area contributed by atoms with Crippen LogP contribution < -0.4 is 0 Å². The van der Waals surface area contributed by atoms with Gasteiger partial charge in [-0.2, -0.15) is 0 Å². The monoisotopic (exact) mass is 307 g/mol. The van der Waals surface area contributed by atoms with Gasteiger partial charge in [0, 0.05) is 7.05 Å². The topological polar surface area (TPSA) is 50.9 Å². The fourth-order valence-corrected chi connectivity index (χ4v) is 2.85. The highest BCUT2D eigenvalue weighted by Gasteiger charge is 2.29. The highest BCUT2D eigenvalue weighted by molar-refractivity contribution is 9.10. The lowest BCUT2D eigenvalue weighted by Crippen LogP contribution is -2.09. The minimum atomic E-state index is -0.684. The summed E-state index contributed by atoms with van der Waals surface area (Å²) in [4.78, 5) is 0. The van der Waals surface area contributed by atoms with Crippen molar-refractivity contribution in [3.8, 4) is 0 Å². The van der Waals surface area contributed by atoms with E-state index in [0.29, 0.717) is 16.2 Å². The highest BCUT2D eigenvalue weighted by Crippen LogP contribution is 2.44. The number of aromatic nitrogens is 3. The summed E-state index contributed by atoms with van der Waals surface area (Å²) in [6.07, 6.45) is 1.75. The second-order valence-corrected chi connectivity index (χ2v) is 5.45. The van der Waals surface area contributed by atoms with Crippen LogP contribution >= 0.6 is 15.9 Å². The summed E-state index contributed by atoms with van der Waals surface area (Å²) in [5.41, 5.74) is 2.91. The van der Waals surface area contributed by atoms with Gasteiger partial charge in [0.15, 0.2) is 4.60 Å². The van der Waals surface area contributed by atoms with Crippen molar-refractivity contribution in [2.24, 2.45) is 7.05 Å². The number of aryl methyl sites for hydroxylation is 1. The maximum absolute atomic E-state index is 10.6. The highest BCUT2D eigenvalue weighted by atomic mass is 79.9. The number of halogens is 1. The van der Waals surface area contributed by atoms with Crippen LogP contribution in [0.4, 0.5) is 0 Å². The van der Waals surface area contributed by atoms with Gasteiger partial charge in [0.2, 0.25) is 0 Å². The molecule has 1 aromatic heterocycles. The Morgan fingerprint density at radius 3 is 2.72 bits per heavy atom. The second kappa shape index (κ2) is 4.48. The lowest BCUT2D eigenvalue weighted by molar-refractivity contribution is 0.208. The Morgan fingerprint density at radius 1 is 1.39 bits per heavy atom. The van der Waals surface area contributed by atoms with Crippen molar-refractivity contribution in [2.75, 3.05) is 0 Å². The van der Waals surface area contributed by atoms with Crippen LogP contribution in [0.2, 0.25) is 0 Å². The zero-order chi connectivity index (χ0) is 12.7. The lowest BCUT2D eigenvalue weighted by Gasteiger charge is -2.15. The third-order valence-electron chi connectivity index (χ3n) is 3.39. The Kier molecular flexibility index (Phi) is 2.95. The fraction of sp³-hybridized carbons (Fsp3) is 0.385. The molecule has 1 saturated carbocycles. The number of nitrogens with zero attached hydrogens (tertiary/aromatic N) is 3. The van der Waals surface area contributed by atoms with Crippen LogP contribution in [0.15, 0.2) is 28.9 Å². The molecule has 5 heteroatoms. The third-order valence-corrected chi connectivity index (χ3v) is 3.96. The van der Waals surface area contributed by atoms with Gasteiger partial charge in [-0.15, -0.1) is 5.10 Å². The number of hydrogen-bond acceptors (Lipinski definition) is 3. The molecule has 0 spiro atoms. The van der Waals surface area contributed by atoms with E-state index in [4.69, 9.17) is 0 Å². The molecular weight excluding hydrogens is 294 g/mol. The van der Waals surface area contributed by atoms with Crippen molar-refractivity contribution in [3.05, 3.63) is 45.7 Å². The van der Waals surface area contributed by atoms with Crippen LogP contribution in [0.3, 0.4) is 0 Å². The van der Waals surface area contributed by atoms with Crippen molar-refractivity contribution >= 4 is 15.9 Å². The van der Waals surface area contributed by atoms with Gasteiger partial charge in [-0.25, -0.2) is 4.68 Å². The molecule has 4 nitrogen and oxygen atoms in total. The molecule has 18 heavy (non-hydrogen) atoms. The summed E-state index contributed by atoms with van der Waals surface area (Å²) in [6, 6.07) is 8.08. The maximum atomic E-state index is 10.6. The molecule has 0 bridgehead atoms. The largest absolute Gasteiger partial charge is 0.382 e. The molecule has 1 heterocycles. The zero-order valence-electron chi connectivity index (χ0n) is 10.0. The molecule has 2 aromatic rings. The smallest absolute Gasteiger partial charge is 0.154 e. The quantitative estimate of drug-likeness (QED) is 0.948. The number of rotatable bonds is 3. The molecule has 1 aliphatic carbocycles. The van der Waals surface area contributed by atoms with Gasteiger partial charge in [-0.3, -0.25) is 0 Å². The summed E-state index contributed by atoms with van der Waals surface area (Å²) in [6.45, 7) is 0. The normalized spacial score (nSPS) is 16.8. The molecule has 1 unspecified atom stereocenters. The molecule has 0 radical (unpaired) electrons. The van der Waals surface area contributed by atoms with Crippen LogP contribution in [0.5, 0.6) is 0 Å². The van der Waals surface area contributed by atoms with Crippen LogP contribution in [-0.2, 0) is 7.05 Å². The molecule has 3 rings (SSSR count). The van der Waals surface area contributed by atoms with Crippen molar-refractivity contribution in [1.82, 2.24) is 15.0 Å². The molecular formula is C13H14BrN3O. The minimum Gasteiger partial charge on any atom is -0.382 e. The second-order valence-electron chi connectivity index (χ2n) is 4.69. The van der Waals surface area contributed by atoms with Gasteiger partial charge in [0.05, 0.1) is 0 Å². The lowest BCUT2D eigenvalue weighted by atomic mass is 9.97. The molecule has 1 N–H and O–H groups in total. The molecule has 0 aliphatic heterocycles. The summed E-state index contributed by atoms with van der Waals surface area (Å²) in [5, 5.41) is 18.4. The number of aliphatic hydroxyl groups is 1. The van der Waals surface area contributed by atoms with Gasteiger partial charge in [-0.05, 0) is 45.8 Å². The fourth-order valence-electron chi connectivity index (χ4n) is 2.30. The summed E-state index contributed by atoms with van der Waals surface area (Å²) >= 11 is 3.34. The SMILES string of the molecule is Cn1nnc(Br)c1C(O)c1ccccc1C1CC1. The Balaban J connectivity index is 2.04. The minimum absolute atomic E-state index is 0.600. The van der Waals surface area contributed by atoms with Gasteiger partial charge in [0.1, 0.15) is 11.8 Å². The van der Waals surface area contributed by atoms with E-state index in [0.717, 1.165) is 5.56 Å². The predicted molar refractivity (Wildman–Crippen MR) is 71.2 cm³/mol. The Hall–Kier alpha value is -1.20. The van der Waals surface area contributed by atoms with Crippen LogP contribution in [0, 0.1) is 0 Å². The van der Waals surface area contributed by atoms with Gasteiger partial charge < -0.3 is 5.11 Å².